The Morgan fingerprint density at radius 3 is 2.58 bits per heavy atom. The maximum absolute atomic E-state index is 14.8. The first-order valence-corrected chi connectivity index (χ1v) is 15.7. The molecule has 1 amide bonds. The highest BCUT2D eigenvalue weighted by molar-refractivity contribution is 6.30. The number of halogens is 2. The molecular formula is C36H33ClFN5O5. The topological polar surface area (TPSA) is 117 Å². The van der Waals surface area contributed by atoms with Crippen molar-refractivity contribution < 1.29 is 28.2 Å². The number of rotatable bonds is 11. The number of aryl methyl sites for hydroxylation is 1. The van der Waals surface area contributed by atoms with Gasteiger partial charge in [-0.05, 0) is 60.0 Å². The van der Waals surface area contributed by atoms with Crippen LogP contribution in [0.1, 0.15) is 47.6 Å². The monoisotopic (exact) mass is 669 g/mol. The van der Waals surface area contributed by atoms with Gasteiger partial charge in [0.05, 0.1) is 42.6 Å². The number of ether oxygens (including phenoxy) is 3. The van der Waals surface area contributed by atoms with E-state index in [1.807, 2.05) is 41.0 Å². The van der Waals surface area contributed by atoms with Crippen molar-refractivity contribution in [2.45, 2.75) is 45.6 Å². The zero-order valence-electron chi connectivity index (χ0n) is 26.6. The molecule has 0 bridgehead atoms. The number of esters is 1. The number of hydrogen-bond acceptors (Lipinski definition) is 8. The van der Waals surface area contributed by atoms with Crippen LogP contribution in [-0.2, 0) is 34.8 Å². The molecule has 5 aromatic rings. The third-order valence-corrected chi connectivity index (χ3v) is 8.18. The van der Waals surface area contributed by atoms with E-state index in [1.54, 1.807) is 49.6 Å². The van der Waals surface area contributed by atoms with E-state index in [0.717, 1.165) is 35.5 Å². The quantitative estimate of drug-likeness (QED) is 0.140. The number of anilines is 2. The number of aromatic nitrogens is 3. The Bertz CT molecular complexity index is 1980. The predicted molar refractivity (Wildman–Crippen MR) is 180 cm³/mol. The maximum Gasteiger partial charge on any atom is 0.337 e. The average Bonchev–Trinajstić information content (AvgIpc) is 3.67. The summed E-state index contributed by atoms with van der Waals surface area (Å²) in [4.78, 5) is 25.4. The molecule has 1 unspecified atom stereocenters. The lowest BCUT2D eigenvalue weighted by molar-refractivity contribution is -0.115. The van der Waals surface area contributed by atoms with Crippen molar-refractivity contribution in [3.63, 3.8) is 0 Å². The Balaban J connectivity index is 1.16. The fourth-order valence-electron chi connectivity index (χ4n) is 5.57. The van der Waals surface area contributed by atoms with Crippen molar-refractivity contribution in [2.75, 3.05) is 17.7 Å². The van der Waals surface area contributed by atoms with Gasteiger partial charge in [-0.25, -0.2) is 9.18 Å². The molecule has 0 saturated carbocycles. The van der Waals surface area contributed by atoms with E-state index in [-0.39, 0.29) is 22.9 Å². The van der Waals surface area contributed by atoms with Crippen molar-refractivity contribution in [3.05, 3.63) is 119 Å². The van der Waals surface area contributed by atoms with Gasteiger partial charge in [-0.3, -0.25) is 4.79 Å². The van der Waals surface area contributed by atoms with E-state index >= 15 is 0 Å². The van der Waals surface area contributed by atoms with E-state index in [4.69, 9.17) is 25.8 Å². The highest BCUT2D eigenvalue weighted by Gasteiger charge is 2.42. The molecule has 12 heteroatoms. The summed E-state index contributed by atoms with van der Waals surface area (Å²) in [6.07, 6.45) is 2.69. The second-order valence-electron chi connectivity index (χ2n) is 11.4. The van der Waals surface area contributed by atoms with Gasteiger partial charge >= 0.3 is 5.97 Å². The molecule has 6 rings (SSSR count). The summed E-state index contributed by atoms with van der Waals surface area (Å²) >= 11 is 5.95. The van der Waals surface area contributed by atoms with Gasteiger partial charge in [0.25, 0.3) is 5.79 Å². The number of benzene rings is 4. The van der Waals surface area contributed by atoms with E-state index in [0.29, 0.717) is 35.0 Å². The van der Waals surface area contributed by atoms with Gasteiger partial charge in [-0.15, -0.1) is 10.2 Å². The first kappa shape index (κ1) is 32.5. The molecule has 0 radical (unpaired) electrons. The van der Waals surface area contributed by atoms with Crippen LogP contribution in [0.2, 0.25) is 5.02 Å². The first-order chi connectivity index (χ1) is 23.2. The van der Waals surface area contributed by atoms with Crippen LogP contribution in [0, 0.1) is 5.82 Å². The zero-order valence-corrected chi connectivity index (χ0v) is 27.3. The van der Waals surface area contributed by atoms with Gasteiger partial charge in [0.15, 0.2) is 17.3 Å². The lowest BCUT2D eigenvalue weighted by atomic mass is 10.0. The fourth-order valence-corrected chi connectivity index (χ4v) is 5.72. The molecule has 0 spiro atoms. The SMILES string of the molecule is CCCn1cnnc1CNc1cc(C(=O)OC)ccc1NC(=O)Cc1ccc(-c2cccc3c2OC(C)(c2ccc(Cl)cc2F)O3)cc1. The van der Waals surface area contributed by atoms with Gasteiger partial charge in [0.1, 0.15) is 12.1 Å². The summed E-state index contributed by atoms with van der Waals surface area (Å²) in [6, 6.07) is 22.3. The van der Waals surface area contributed by atoms with Crippen LogP contribution in [0.15, 0.2) is 85.2 Å². The molecule has 1 aliphatic rings. The number of nitrogens with zero attached hydrogens (tertiary/aromatic N) is 3. The molecule has 1 atom stereocenters. The van der Waals surface area contributed by atoms with E-state index in [9.17, 15) is 14.0 Å². The molecule has 4 aromatic carbocycles. The van der Waals surface area contributed by atoms with Crippen molar-refractivity contribution >= 4 is 34.9 Å². The van der Waals surface area contributed by atoms with Crippen molar-refractivity contribution in [1.82, 2.24) is 14.8 Å². The minimum absolute atomic E-state index is 0.101. The number of amides is 1. The van der Waals surface area contributed by atoms with E-state index in [1.165, 1.54) is 13.2 Å². The van der Waals surface area contributed by atoms with Crippen molar-refractivity contribution in [2.24, 2.45) is 0 Å². The van der Waals surface area contributed by atoms with Gasteiger partial charge in [-0.2, -0.15) is 0 Å². The lowest BCUT2D eigenvalue weighted by Crippen LogP contribution is -2.32. The summed E-state index contributed by atoms with van der Waals surface area (Å²) < 4.78 is 34.0. The number of fused-ring (bicyclic) bond motifs is 1. The minimum Gasteiger partial charge on any atom is -0.465 e. The Kier molecular flexibility index (Phi) is 9.31. The molecule has 2 heterocycles. The number of nitrogens with one attached hydrogen (secondary N) is 2. The third-order valence-electron chi connectivity index (χ3n) is 7.94. The highest BCUT2D eigenvalue weighted by atomic mass is 35.5. The smallest absolute Gasteiger partial charge is 0.337 e. The average molecular weight is 670 g/mol. The lowest BCUT2D eigenvalue weighted by Gasteiger charge is -2.24. The summed E-state index contributed by atoms with van der Waals surface area (Å²) in [5.74, 6) is -0.941. The molecule has 1 aliphatic heterocycles. The summed E-state index contributed by atoms with van der Waals surface area (Å²) in [5, 5.41) is 14.7. The number of carbonyl (C=O) groups excluding carboxylic acids is 2. The standard InChI is InChI=1S/C36H33ClFN5O5/c1-4-16-43-21-40-42-32(43)20-39-30-18-24(35(45)46-3)12-15-29(30)41-33(44)17-22-8-10-23(11-9-22)26-6-5-7-31-34(26)48-36(2,47-31)27-14-13-25(37)19-28(27)38/h5-15,18-19,21,39H,4,16-17,20H2,1-3H3,(H,41,44). The first-order valence-electron chi connectivity index (χ1n) is 15.4. The molecule has 10 nitrogen and oxygen atoms in total. The molecule has 48 heavy (non-hydrogen) atoms. The molecular weight excluding hydrogens is 637 g/mol. The van der Waals surface area contributed by atoms with E-state index < -0.39 is 17.6 Å². The van der Waals surface area contributed by atoms with Crippen LogP contribution >= 0.6 is 11.6 Å². The van der Waals surface area contributed by atoms with Gasteiger partial charge < -0.3 is 29.4 Å². The van der Waals surface area contributed by atoms with Crippen LogP contribution in [0.4, 0.5) is 15.8 Å². The van der Waals surface area contributed by atoms with Gasteiger partial charge in [0.2, 0.25) is 5.91 Å². The van der Waals surface area contributed by atoms with Crippen LogP contribution in [0.3, 0.4) is 0 Å². The molecule has 2 N–H and O–H groups in total. The summed E-state index contributed by atoms with van der Waals surface area (Å²) in [5.41, 5.74) is 3.99. The normalized spacial score (nSPS) is 14.9. The van der Waals surface area contributed by atoms with Crippen LogP contribution < -0.4 is 20.1 Å². The van der Waals surface area contributed by atoms with Gasteiger partial charge in [0, 0.05) is 24.1 Å². The van der Waals surface area contributed by atoms with Gasteiger partial charge in [-0.1, -0.05) is 54.9 Å². The molecule has 246 valence electrons. The third kappa shape index (κ3) is 6.82. The van der Waals surface area contributed by atoms with E-state index in [2.05, 4.69) is 27.8 Å². The van der Waals surface area contributed by atoms with Crippen LogP contribution in [0.25, 0.3) is 11.1 Å². The van der Waals surface area contributed by atoms with Crippen molar-refractivity contribution in [1.29, 1.82) is 0 Å². The Labute approximate surface area is 281 Å². The Morgan fingerprint density at radius 1 is 1.02 bits per heavy atom. The largest absolute Gasteiger partial charge is 0.465 e. The second-order valence-corrected chi connectivity index (χ2v) is 11.8. The number of hydrogen-bond donors (Lipinski definition) is 2. The van der Waals surface area contributed by atoms with Crippen LogP contribution in [0.5, 0.6) is 11.5 Å². The summed E-state index contributed by atoms with van der Waals surface area (Å²) in [6.45, 7) is 4.83. The maximum atomic E-state index is 14.8. The molecule has 0 fully saturated rings. The number of methoxy groups -OCH3 is 1. The van der Waals surface area contributed by atoms with Crippen LogP contribution in [-0.4, -0.2) is 33.8 Å². The summed E-state index contributed by atoms with van der Waals surface area (Å²) in [7, 11) is 1.31. The highest BCUT2D eigenvalue weighted by Crippen LogP contribution is 2.49. The number of carbonyl (C=O) groups is 2. The predicted octanol–water partition coefficient (Wildman–Crippen LogP) is 7.37. The zero-order chi connectivity index (χ0) is 33.8. The molecule has 0 aliphatic carbocycles. The Morgan fingerprint density at radius 2 is 1.83 bits per heavy atom. The number of para-hydroxylation sites is 1. The Hall–Kier alpha value is -5.42. The van der Waals surface area contributed by atoms with Crippen molar-refractivity contribution in [3.8, 4) is 22.6 Å². The molecule has 0 saturated heterocycles. The molecule has 1 aromatic heterocycles. The fraction of sp³-hybridized carbons (Fsp3) is 0.222. The minimum atomic E-state index is -1.37. The second kappa shape index (κ2) is 13.7.